The fourth-order valence-corrected chi connectivity index (χ4v) is 2.86. The van der Waals surface area contributed by atoms with Crippen molar-refractivity contribution in [3.05, 3.63) is 40.7 Å². The fourth-order valence-electron chi connectivity index (χ4n) is 2.86. The van der Waals surface area contributed by atoms with E-state index in [1.165, 1.54) is 4.57 Å². The van der Waals surface area contributed by atoms with Crippen molar-refractivity contribution in [3.63, 3.8) is 0 Å². The number of hydrogen-bond acceptors (Lipinski definition) is 6. The number of amides is 1. The molecule has 0 radical (unpaired) electrons. The van der Waals surface area contributed by atoms with Crippen molar-refractivity contribution in [2.24, 2.45) is 7.05 Å². The first kappa shape index (κ1) is 18.1. The molecule has 2 aromatic rings. The van der Waals surface area contributed by atoms with E-state index in [1.807, 2.05) is 0 Å². The lowest BCUT2D eigenvalue weighted by atomic mass is 10.2. The molecular formula is C17H24N6O3. The monoisotopic (exact) mass is 360 g/mol. The summed E-state index contributed by atoms with van der Waals surface area (Å²) >= 11 is 0. The van der Waals surface area contributed by atoms with Crippen molar-refractivity contribution >= 4 is 11.7 Å². The molecule has 0 saturated carbocycles. The summed E-state index contributed by atoms with van der Waals surface area (Å²) in [5.74, 6) is 0.234. The van der Waals surface area contributed by atoms with Crippen molar-refractivity contribution < 1.29 is 9.53 Å². The van der Waals surface area contributed by atoms with Gasteiger partial charge in [-0.3, -0.25) is 14.3 Å². The minimum atomic E-state index is -0.204. The Morgan fingerprint density at radius 3 is 3.12 bits per heavy atom. The predicted molar refractivity (Wildman–Crippen MR) is 96.1 cm³/mol. The maximum absolute atomic E-state index is 12.7. The molecule has 1 fully saturated rings. The molecule has 3 heterocycles. The standard InChI is InChI=1S/C17H24N6O3/c1-3-5-23-11-13(9-20-23)16(24)22-7-8-26-14(12-22)10-19-15-17(25)21(2)6-4-18-15/h4,6,9,11,14H,3,5,7-8,10,12H2,1-2H3,(H,18,19). The van der Waals surface area contributed by atoms with E-state index < -0.39 is 0 Å². The number of anilines is 1. The van der Waals surface area contributed by atoms with Crippen LogP contribution in [0.25, 0.3) is 0 Å². The van der Waals surface area contributed by atoms with Crippen LogP contribution in [0.1, 0.15) is 23.7 Å². The Morgan fingerprint density at radius 2 is 2.31 bits per heavy atom. The number of carbonyl (C=O) groups excluding carboxylic acids is 1. The smallest absolute Gasteiger partial charge is 0.293 e. The average Bonchev–Trinajstić information content (AvgIpc) is 3.11. The van der Waals surface area contributed by atoms with E-state index in [9.17, 15) is 9.59 Å². The van der Waals surface area contributed by atoms with Crippen LogP contribution in [0.5, 0.6) is 0 Å². The van der Waals surface area contributed by atoms with Crippen LogP contribution >= 0.6 is 0 Å². The van der Waals surface area contributed by atoms with E-state index in [4.69, 9.17) is 4.74 Å². The highest BCUT2D eigenvalue weighted by atomic mass is 16.5. The van der Waals surface area contributed by atoms with Gasteiger partial charge in [0.15, 0.2) is 5.82 Å². The Labute approximate surface area is 151 Å². The van der Waals surface area contributed by atoms with Crippen molar-refractivity contribution in [1.29, 1.82) is 0 Å². The molecule has 0 spiro atoms. The average molecular weight is 360 g/mol. The molecular weight excluding hydrogens is 336 g/mol. The third kappa shape index (κ3) is 4.10. The Hall–Kier alpha value is -2.68. The van der Waals surface area contributed by atoms with Gasteiger partial charge in [-0.1, -0.05) is 6.92 Å². The van der Waals surface area contributed by atoms with Crippen molar-refractivity contribution in [2.45, 2.75) is 26.0 Å². The van der Waals surface area contributed by atoms with Gasteiger partial charge in [0.05, 0.1) is 24.5 Å². The van der Waals surface area contributed by atoms with Gasteiger partial charge in [0.2, 0.25) is 0 Å². The van der Waals surface area contributed by atoms with Crippen LogP contribution < -0.4 is 10.9 Å². The van der Waals surface area contributed by atoms with Gasteiger partial charge in [-0.25, -0.2) is 4.98 Å². The number of morpholine rings is 1. The van der Waals surface area contributed by atoms with Gasteiger partial charge in [0.25, 0.3) is 11.5 Å². The molecule has 1 atom stereocenters. The molecule has 0 bridgehead atoms. The van der Waals surface area contributed by atoms with Gasteiger partial charge in [-0.05, 0) is 6.42 Å². The number of rotatable bonds is 6. The third-order valence-corrected chi connectivity index (χ3v) is 4.27. The number of nitrogens with one attached hydrogen (secondary N) is 1. The summed E-state index contributed by atoms with van der Waals surface area (Å²) in [7, 11) is 1.67. The largest absolute Gasteiger partial charge is 0.373 e. The highest BCUT2D eigenvalue weighted by Gasteiger charge is 2.26. The first-order chi connectivity index (χ1) is 12.6. The van der Waals surface area contributed by atoms with Crippen LogP contribution in [0.2, 0.25) is 0 Å². The van der Waals surface area contributed by atoms with Crippen LogP contribution in [0, 0.1) is 0 Å². The van der Waals surface area contributed by atoms with E-state index in [2.05, 4.69) is 22.3 Å². The molecule has 1 aliphatic rings. The summed E-state index contributed by atoms with van der Waals surface area (Å²) in [6.07, 6.45) is 7.32. The van der Waals surface area contributed by atoms with Gasteiger partial charge in [-0.2, -0.15) is 5.10 Å². The molecule has 1 aliphatic heterocycles. The Balaban J connectivity index is 1.59. The minimum absolute atomic E-state index is 0.0468. The zero-order valence-electron chi connectivity index (χ0n) is 15.1. The molecule has 9 nitrogen and oxygen atoms in total. The molecule has 1 N–H and O–H groups in total. The van der Waals surface area contributed by atoms with Crippen LogP contribution in [0.15, 0.2) is 29.6 Å². The Bertz CT molecular complexity index is 815. The first-order valence-corrected chi connectivity index (χ1v) is 8.77. The predicted octanol–water partition coefficient (Wildman–Crippen LogP) is 0.340. The topological polar surface area (TPSA) is 94.3 Å². The lowest BCUT2D eigenvalue weighted by Gasteiger charge is -2.32. The van der Waals surface area contributed by atoms with Gasteiger partial charge < -0.3 is 19.5 Å². The number of carbonyl (C=O) groups is 1. The second-order valence-electron chi connectivity index (χ2n) is 6.31. The van der Waals surface area contributed by atoms with Crippen molar-refractivity contribution in [1.82, 2.24) is 24.2 Å². The SMILES string of the molecule is CCCn1cc(C(=O)N2CCOC(CNc3nccn(C)c3=O)C2)cn1. The van der Waals surface area contributed by atoms with E-state index in [1.54, 1.807) is 41.4 Å². The molecule has 2 aromatic heterocycles. The summed E-state index contributed by atoms with van der Waals surface area (Å²) in [6, 6.07) is 0. The normalized spacial score (nSPS) is 17.3. The molecule has 3 rings (SSSR count). The lowest BCUT2D eigenvalue weighted by Crippen LogP contribution is -2.48. The molecule has 140 valence electrons. The molecule has 1 unspecified atom stereocenters. The van der Waals surface area contributed by atoms with Crippen LogP contribution in [-0.4, -0.2) is 62.5 Å². The van der Waals surface area contributed by atoms with Crippen LogP contribution in [0.4, 0.5) is 5.82 Å². The minimum Gasteiger partial charge on any atom is -0.373 e. The maximum Gasteiger partial charge on any atom is 0.293 e. The summed E-state index contributed by atoms with van der Waals surface area (Å²) in [5.41, 5.74) is 0.394. The molecule has 1 saturated heterocycles. The number of ether oxygens (including phenoxy) is 1. The Morgan fingerprint density at radius 1 is 1.46 bits per heavy atom. The molecule has 1 amide bonds. The zero-order valence-corrected chi connectivity index (χ0v) is 15.1. The number of nitrogens with zero attached hydrogens (tertiary/aromatic N) is 5. The van der Waals surface area contributed by atoms with Crippen molar-refractivity contribution in [2.75, 3.05) is 31.6 Å². The number of hydrogen-bond donors (Lipinski definition) is 1. The lowest BCUT2D eigenvalue weighted by molar-refractivity contribution is -0.0149. The second kappa shape index (κ2) is 8.13. The highest BCUT2D eigenvalue weighted by molar-refractivity contribution is 5.93. The fraction of sp³-hybridized carbons (Fsp3) is 0.529. The maximum atomic E-state index is 12.7. The third-order valence-electron chi connectivity index (χ3n) is 4.27. The van der Waals surface area contributed by atoms with Crippen LogP contribution in [0.3, 0.4) is 0 Å². The van der Waals surface area contributed by atoms with E-state index in [0.29, 0.717) is 31.8 Å². The second-order valence-corrected chi connectivity index (χ2v) is 6.31. The van der Waals surface area contributed by atoms with Gasteiger partial charge in [-0.15, -0.1) is 0 Å². The van der Waals surface area contributed by atoms with E-state index >= 15 is 0 Å². The Kier molecular flexibility index (Phi) is 5.67. The van der Waals surface area contributed by atoms with Crippen LogP contribution in [-0.2, 0) is 18.3 Å². The van der Waals surface area contributed by atoms with E-state index in [0.717, 1.165) is 13.0 Å². The number of aromatic nitrogens is 4. The number of aryl methyl sites for hydroxylation is 2. The van der Waals surface area contributed by atoms with E-state index in [-0.39, 0.29) is 23.4 Å². The highest BCUT2D eigenvalue weighted by Crippen LogP contribution is 2.11. The molecule has 0 aromatic carbocycles. The van der Waals surface area contributed by atoms with Gasteiger partial charge in [0, 0.05) is 51.8 Å². The summed E-state index contributed by atoms with van der Waals surface area (Å²) < 4.78 is 8.96. The molecule has 26 heavy (non-hydrogen) atoms. The summed E-state index contributed by atoms with van der Waals surface area (Å²) in [6.45, 7) is 4.73. The first-order valence-electron chi connectivity index (χ1n) is 8.77. The summed E-state index contributed by atoms with van der Waals surface area (Å²) in [4.78, 5) is 30.5. The quantitative estimate of drug-likeness (QED) is 0.798. The van der Waals surface area contributed by atoms with Gasteiger partial charge >= 0.3 is 0 Å². The molecule has 0 aliphatic carbocycles. The zero-order chi connectivity index (χ0) is 18.5. The summed E-state index contributed by atoms with van der Waals surface area (Å²) in [5, 5.41) is 7.23. The van der Waals surface area contributed by atoms with Crippen molar-refractivity contribution in [3.8, 4) is 0 Å². The molecule has 9 heteroatoms. The van der Waals surface area contributed by atoms with Gasteiger partial charge in [0.1, 0.15) is 0 Å².